The molecule has 0 spiro atoms. The molecule has 0 saturated carbocycles. The minimum atomic E-state index is -0.766. The summed E-state index contributed by atoms with van der Waals surface area (Å²) in [5, 5.41) is 0.844. The third-order valence-corrected chi connectivity index (χ3v) is 6.59. The Labute approximate surface area is 220 Å². The van der Waals surface area contributed by atoms with Gasteiger partial charge < -0.3 is 13.9 Å². The molecule has 5 rings (SSSR count). The second-order valence-corrected chi connectivity index (χ2v) is 9.46. The molecule has 1 aromatic heterocycles. The molecular formula is C28H21BrClNO5. The highest BCUT2D eigenvalue weighted by Gasteiger charge is 2.44. The molecule has 4 aromatic rings. The van der Waals surface area contributed by atoms with Crippen LogP contribution in [0.5, 0.6) is 11.5 Å². The van der Waals surface area contributed by atoms with Crippen LogP contribution in [0, 0.1) is 0 Å². The van der Waals surface area contributed by atoms with Gasteiger partial charge in [-0.25, -0.2) is 0 Å². The molecule has 1 aliphatic heterocycles. The van der Waals surface area contributed by atoms with E-state index in [0.717, 1.165) is 4.47 Å². The standard InChI is InChI=1S/C28H21BrClNO5/c1-3-12-35-22-10-8-16(13-23(22)34-4-2)25-24-26(32)20-14-17(29)9-11-21(20)36-27(24)28(33)31(25)19-7-5-6-18(30)15-19/h3,5-11,13-15,25H,1,4,12H2,2H3. The van der Waals surface area contributed by atoms with Crippen LogP contribution < -0.4 is 19.8 Å². The second-order valence-electron chi connectivity index (χ2n) is 8.11. The SMILES string of the molecule is C=CCOc1ccc(C2c3c(oc4ccc(Br)cc4c3=O)C(=O)N2c2cccc(Cl)c2)cc1OCC. The Hall–Kier alpha value is -3.55. The van der Waals surface area contributed by atoms with Crippen LogP contribution in [-0.2, 0) is 0 Å². The molecule has 1 unspecified atom stereocenters. The molecule has 2 heterocycles. The summed E-state index contributed by atoms with van der Waals surface area (Å²) in [5.41, 5.74) is 1.52. The fraction of sp³-hybridized carbons (Fsp3) is 0.143. The van der Waals surface area contributed by atoms with Gasteiger partial charge in [-0.05, 0) is 61.0 Å². The molecule has 36 heavy (non-hydrogen) atoms. The fourth-order valence-electron chi connectivity index (χ4n) is 4.38. The van der Waals surface area contributed by atoms with Gasteiger partial charge in [0.25, 0.3) is 5.91 Å². The zero-order chi connectivity index (χ0) is 25.4. The van der Waals surface area contributed by atoms with Crippen molar-refractivity contribution in [2.24, 2.45) is 0 Å². The first-order chi connectivity index (χ1) is 17.4. The van der Waals surface area contributed by atoms with Crippen LogP contribution in [0.25, 0.3) is 11.0 Å². The molecule has 182 valence electrons. The van der Waals surface area contributed by atoms with Gasteiger partial charge in [-0.15, -0.1) is 0 Å². The smallest absolute Gasteiger partial charge is 0.295 e. The third-order valence-electron chi connectivity index (χ3n) is 5.86. The first-order valence-electron chi connectivity index (χ1n) is 11.3. The van der Waals surface area contributed by atoms with E-state index in [1.165, 1.54) is 4.90 Å². The van der Waals surface area contributed by atoms with Gasteiger partial charge >= 0.3 is 0 Å². The van der Waals surface area contributed by atoms with Crippen molar-refractivity contribution in [1.29, 1.82) is 0 Å². The van der Waals surface area contributed by atoms with E-state index in [1.807, 2.05) is 13.0 Å². The van der Waals surface area contributed by atoms with Crippen LogP contribution in [0.15, 0.2) is 87.0 Å². The molecule has 0 bridgehead atoms. The molecular weight excluding hydrogens is 546 g/mol. The number of hydrogen-bond acceptors (Lipinski definition) is 5. The molecule has 0 radical (unpaired) electrons. The van der Waals surface area contributed by atoms with E-state index in [0.29, 0.717) is 52.0 Å². The monoisotopic (exact) mass is 565 g/mol. The molecule has 0 aliphatic carbocycles. The number of anilines is 1. The lowest BCUT2D eigenvalue weighted by Gasteiger charge is -2.26. The van der Waals surface area contributed by atoms with Crippen LogP contribution in [-0.4, -0.2) is 19.1 Å². The van der Waals surface area contributed by atoms with Crippen molar-refractivity contribution in [2.45, 2.75) is 13.0 Å². The van der Waals surface area contributed by atoms with Gasteiger partial charge in [-0.2, -0.15) is 0 Å². The Morgan fingerprint density at radius 3 is 2.67 bits per heavy atom. The number of carbonyl (C=O) groups is 1. The Kier molecular flexibility index (Phi) is 6.60. The number of ether oxygens (including phenoxy) is 2. The molecule has 1 atom stereocenters. The highest BCUT2D eigenvalue weighted by molar-refractivity contribution is 9.10. The van der Waals surface area contributed by atoms with Crippen molar-refractivity contribution >= 4 is 50.1 Å². The molecule has 1 amide bonds. The fourth-order valence-corrected chi connectivity index (χ4v) is 4.93. The normalized spacial score (nSPS) is 14.7. The molecule has 6 nitrogen and oxygen atoms in total. The van der Waals surface area contributed by atoms with E-state index in [2.05, 4.69) is 22.5 Å². The lowest BCUT2D eigenvalue weighted by molar-refractivity contribution is 0.0971. The summed E-state index contributed by atoms with van der Waals surface area (Å²) in [6, 6.07) is 16.7. The summed E-state index contributed by atoms with van der Waals surface area (Å²) in [7, 11) is 0. The van der Waals surface area contributed by atoms with Gasteiger partial charge in [0.05, 0.1) is 23.6 Å². The number of nitrogens with zero attached hydrogens (tertiary/aromatic N) is 1. The lowest BCUT2D eigenvalue weighted by atomic mass is 9.97. The Morgan fingerprint density at radius 2 is 1.92 bits per heavy atom. The average Bonchev–Trinajstić information content (AvgIpc) is 3.16. The Bertz CT molecular complexity index is 1560. The van der Waals surface area contributed by atoms with Crippen molar-refractivity contribution in [3.63, 3.8) is 0 Å². The predicted octanol–water partition coefficient (Wildman–Crippen LogP) is 6.92. The highest BCUT2D eigenvalue weighted by Crippen LogP contribution is 2.43. The third kappa shape index (κ3) is 4.18. The average molecular weight is 567 g/mol. The maximum atomic E-state index is 13.8. The van der Waals surface area contributed by atoms with Gasteiger partial charge in [0, 0.05) is 15.2 Å². The minimum Gasteiger partial charge on any atom is -0.490 e. The predicted molar refractivity (Wildman–Crippen MR) is 144 cm³/mol. The summed E-state index contributed by atoms with van der Waals surface area (Å²) in [6.07, 6.45) is 1.64. The number of amides is 1. The summed E-state index contributed by atoms with van der Waals surface area (Å²) in [6.45, 7) is 6.28. The quantitative estimate of drug-likeness (QED) is 0.227. The first-order valence-corrected chi connectivity index (χ1v) is 12.5. The molecule has 1 aliphatic rings. The molecule has 3 aromatic carbocycles. The summed E-state index contributed by atoms with van der Waals surface area (Å²) < 4.78 is 18.3. The molecule has 0 fully saturated rings. The van der Waals surface area contributed by atoms with E-state index in [4.69, 9.17) is 25.5 Å². The molecule has 8 heteroatoms. The molecule has 0 N–H and O–H groups in total. The van der Waals surface area contributed by atoms with Crippen LogP contribution in [0.1, 0.15) is 34.6 Å². The minimum absolute atomic E-state index is 0.00439. The maximum absolute atomic E-state index is 13.8. The van der Waals surface area contributed by atoms with Crippen molar-refractivity contribution < 1.29 is 18.7 Å². The van der Waals surface area contributed by atoms with Crippen LogP contribution in [0.3, 0.4) is 0 Å². The van der Waals surface area contributed by atoms with Gasteiger partial charge in [0.1, 0.15) is 12.2 Å². The number of benzene rings is 3. The second kappa shape index (κ2) is 9.84. The summed E-state index contributed by atoms with van der Waals surface area (Å²) >= 11 is 9.69. The number of hydrogen-bond donors (Lipinski definition) is 0. The number of fused-ring (bicyclic) bond motifs is 2. The zero-order valence-corrected chi connectivity index (χ0v) is 21.6. The van der Waals surface area contributed by atoms with E-state index < -0.39 is 11.9 Å². The van der Waals surface area contributed by atoms with Crippen LogP contribution in [0.2, 0.25) is 5.02 Å². The van der Waals surface area contributed by atoms with Gasteiger partial charge in [-0.1, -0.05) is 52.3 Å². The van der Waals surface area contributed by atoms with E-state index in [-0.39, 0.29) is 16.8 Å². The van der Waals surface area contributed by atoms with E-state index >= 15 is 0 Å². The van der Waals surface area contributed by atoms with Gasteiger partial charge in [-0.3, -0.25) is 14.5 Å². The van der Waals surface area contributed by atoms with E-state index in [9.17, 15) is 9.59 Å². The summed E-state index contributed by atoms with van der Waals surface area (Å²) in [5.74, 6) is 0.611. The van der Waals surface area contributed by atoms with Crippen molar-refractivity contribution in [2.75, 3.05) is 18.1 Å². The van der Waals surface area contributed by atoms with Gasteiger partial charge in [0.15, 0.2) is 16.9 Å². The molecule has 0 saturated heterocycles. The highest BCUT2D eigenvalue weighted by atomic mass is 79.9. The maximum Gasteiger partial charge on any atom is 0.295 e. The Morgan fingerprint density at radius 1 is 1.08 bits per heavy atom. The topological polar surface area (TPSA) is 69.0 Å². The summed E-state index contributed by atoms with van der Waals surface area (Å²) in [4.78, 5) is 29.1. The largest absolute Gasteiger partial charge is 0.490 e. The van der Waals surface area contributed by atoms with Crippen molar-refractivity contribution in [3.05, 3.63) is 110 Å². The number of halogens is 2. The first kappa shape index (κ1) is 24.2. The van der Waals surface area contributed by atoms with Crippen LogP contribution in [0.4, 0.5) is 5.69 Å². The number of carbonyl (C=O) groups excluding carboxylic acids is 1. The number of rotatable bonds is 7. The Balaban J connectivity index is 1.76. The van der Waals surface area contributed by atoms with Crippen LogP contribution >= 0.6 is 27.5 Å². The zero-order valence-electron chi connectivity index (χ0n) is 19.3. The van der Waals surface area contributed by atoms with E-state index in [1.54, 1.807) is 60.7 Å². The lowest BCUT2D eigenvalue weighted by Crippen LogP contribution is -2.29. The van der Waals surface area contributed by atoms with Crippen molar-refractivity contribution in [3.8, 4) is 11.5 Å². The van der Waals surface area contributed by atoms with Crippen molar-refractivity contribution in [1.82, 2.24) is 0 Å². The van der Waals surface area contributed by atoms with Gasteiger partial charge in [0.2, 0.25) is 5.76 Å².